The van der Waals surface area contributed by atoms with Crippen LogP contribution in [0.2, 0.25) is 10.0 Å². The molecule has 0 unspecified atom stereocenters. The number of benzene rings is 1. The van der Waals surface area contributed by atoms with E-state index in [1.54, 1.807) is 13.8 Å². The third kappa shape index (κ3) is 3.93. The molecule has 0 aliphatic heterocycles. The Morgan fingerprint density at radius 2 is 1.88 bits per heavy atom. The van der Waals surface area contributed by atoms with Crippen molar-refractivity contribution >= 4 is 29.2 Å². The van der Waals surface area contributed by atoms with Crippen molar-refractivity contribution in [1.29, 1.82) is 0 Å². The van der Waals surface area contributed by atoms with Crippen LogP contribution in [0.5, 0.6) is 11.6 Å². The van der Waals surface area contributed by atoms with E-state index in [0.29, 0.717) is 24.4 Å². The Morgan fingerprint density at radius 3 is 2.38 bits per heavy atom. The predicted molar refractivity (Wildman–Crippen MR) is 83.0 cm³/mol. The van der Waals surface area contributed by atoms with Gasteiger partial charge in [0, 0.05) is 12.6 Å². The average Bonchev–Trinajstić information content (AvgIpc) is 2.83. The Kier molecular flexibility index (Phi) is 5.29. The lowest BCUT2D eigenvalue weighted by Gasteiger charge is -2.11. The van der Waals surface area contributed by atoms with Gasteiger partial charge in [0.25, 0.3) is 0 Å². The number of carbonyl (C=O) groups is 1. The summed E-state index contributed by atoms with van der Waals surface area (Å²) in [6.45, 7) is 3.77. The number of rotatable bonds is 3. The number of nitrogens with one attached hydrogen (secondary N) is 1. The highest BCUT2D eigenvalue weighted by molar-refractivity contribution is 6.37. The fraction of sp³-hybridized carbons (Fsp3) is 0.286. The number of aromatic nitrogens is 2. The summed E-state index contributed by atoms with van der Waals surface area (Å²) in [6.07, 6.45) is -4.58. The highest BCUT2D eigenvalue weighted by Crippen LogP contribution is 2.41. The number of halogens is 5. The minimum absolute atomic E-state index is 0.0256. The van der Waals surface area contributed by atoms with Crippen LogP contribution in [0.3, 0.4) is 0 Å². The maximum absolute atomic E-state index is 12.7. The van der Waals surface area contributed by atoms with E-state index in [4.69, 9.17) is 27.9 Å². The number of hydrogen-bond acceptors (Lipinski definition) is 3. The summed E-state index contributed by atoms with van der Waals surface area (Å²) >= 11 is 11.7. The van der Waals surface area contributed by atoms with E-state index >= 15 is 0 Å². The van der Waals surface area contributed by atoms with E-state index < -0.39 is 17.8 Å². The van der Waals surface area contributed by atoms with Crippen LogP contribution >= 0.6 is 23.2 Å². The zero-order chi connectivity index (χ0) is 18.1. The van der Waals surface area contributed by atoms with Crippen LogP contribution in [-0.4, -0.2) is 22.4 Å². The molecule has 0 radical (unpaired) electrons. The summed E-state index contributed by atoms with van der Waals surface area (Å²) in [5, 5.41) is 5.84. The molecule has 5 nitrogen and oxygen atoms in total. The van der Waals surface area contributed by atoms with Gasteiger partial charge >= 0.3 is 12.2 Å². The SMILES string of the molecule is CCNC(=O)n1nc(Oc2c(Cl)cc(C(F)(F)F)cc2Cl)cc1C. The van der Waals surface area contributed by atoms with Gasteiger partial charge in [0.15, 0.2) is 5.75 Å². The quantitative estimate of drug-likeness (QED) is 0.823. The number of carbonyl (C=O) groups excluding carboxylic acids is 1. The minimum Gasteiger partial charge on any atom is -0.434 e. The van der Waals surface area contributed by atoms with Gasteiger partial charge in [-0.1, -0.05) is 23.2 Å². The molecule has 0 atom stereocenters. The first-order chi connectivity index (χ1) is 11.1. The number of ether oxygens (including phenoxy) is 1. The Bertz CT molecular complexity index is 752. The number of nitrogens with zero attached hydrogens (tertiary/aromatic N) is 2. The molecule has 0 aliphatic rings. The van der Waals surface area contributed by atoms with E-state index in [1.807, 2.05) is 0 Å². The largest absolute Gasteiger partial charge is 0.434 e. The number of alkyl halides is 3. The third-order valence-corrected chi connectivity index (χ3v) is 3.48. The van der Waals surface area contributed by atoms with E-state index in [2.05, 4.69) is 10.4 Å². The van der Waals surface area contributed by atoms with Crippen molar-refractivity contribution in [3.05, 3.63) is 39.5 Å². The van der Waals surface area contributed by atoms with Crippen LogP contribution in [-0.2, 0) is 6.18 Å². The van der Waals surface area contributed by atoms with Crippen LogP contribution in [0.1, 0.15) is 18.2 Å². The van der Waals surface area contributed by atoms with Gasteiger partial charge in [-0.15, -0.1) is 5.10 Å². The molecule has 10 heteroatoms. The Labute approximate surface area is 145 Å². The second-order valence-corrected chi connectivity index (χ2v) is 5.55. The smallest absolute Gasteiger partial charge is 0.416 e. The van der Waals surface area contributed by atoms with Gasteiger partial charge < -0.3 is 10.1 Å². The molecule has 1 heterocycles. The van der Waals surface area contributed by atoms with Crippen molar-refractivity contribution in [2.75, 3.05) is 6.54 Å². The molecular formula is C14H12Cl2F3N3O2. The summed E-state index contributed by atoms with van der Waals surface area (Å²) in [4.78, 5) is 11.8. The van der Waals surface area contributed by atoms with Crippen LogP contribution < -0.4 is 10.1 Å². The molecule has 0 bridgehead atoms. The topological polar surface area (TPSA) is 56.2 Å². The molecule has 1 aromatic heterocycles. The van der Waals surface area contributed by atoms with Gasteiger partial charge in [-0.2, -0.15) is 17.9 Å². The van der Waals surface area contributed by atoms with E-state index in [9.17, 15) is 18.0 Å². The summed E-state index contributed by atoms with van der Waals surface area (Å²) in [6, 6.07) is 2.38. The van der Waals surface area contributed by atoms with Gasteiger partial charge in [0.05, 0.1) is 21.3 Å². The van der Waals surface area contributed by atoms with Crippen molar-refractivity contribution in [2.45, 2.75) is 20.0 Å². The summed E-state index contributed by atoms with van der Waals surface area (Å²) < 4.78 is 44.5. The molecule has 0 saturated carbocycles. The zero-order valence-electron chi connectivity index (χ0n) is 12.5. The molecule has 0 fully saturated rings. The molecule has 2 aromatic rings. The summed E-state index contributed by atoms with van der Waals surface area (Å²) in [7, 11) is 0. The van der Waals surface area contributed by atoms with Gasteiger partial charge in [-0.25, -0.2) is 4.79 Å². The van der Waals surface area contributed by atoms with Crippen LogP contribution in [0.4, 0.5) is 18.0 Å². The predicted octanol–water partition coefficient (Wildman–Crippen LogP) is 4.89. The third-order valence-electron chi connectivity index (χ3n) is 2.92. The normalized spacial score (nSPS) is 11.5. The number of aryl methyl sites for hydroxylation is 1. The standard InChI is InChI=1S/C14H12Cl2F3N3O2/c1-3-20-13(23)22-7(2)4-11(21-22)24-12-9(15)5-8(6-10(12)16)14(17,18)19/h4-6H,3H2,1-2H3,(H,20,23). The maximum Gasteiger partial charge on any atom is 0.416 e. The average molecular weight is 382 g/mol. The lowest BCUT2D eigenvalue weighted by Crippen LogP contribution is -2.29. The second kappa shape index (κ2) is 6.90. The minimum atomic E-state index is -4.58. The van der Waals surface area contributed by atoms with Crippen molar-refractivity contribution in [2.24, 2.45) is 0 Å². The zero-order valence-corrected chi connectivity index (χ0v) is 14.1. The van der Waals surface area contributed by atoms with Crippen molar-refractivity contribution in [3.63, 3.8) is 0 Å². The van der Waals surface area contributed by atoms with Gasteiger partial charge in [0.1, 0.15) is 0 Å². The maximum atomic E-state index is 12.7. The summed E-state index contributed by atoms with van der Waals surface area (Å²) in [5.74, 6) is -0.200. The molecule has 1 N–H and O–H groups in total. The molecule has 0 spiro atoms. The molecule has 130 valence electrons. The molecule has 2 rings (SSSR count). The van der Waals surface area contributed by atoms with Crippen molar-refractivity contribution in [1.82, 2.24) is 15.1 Å². The number of hydrogen-bond donors (Lipinski definition) is 1. The Balaban J connectivity index is 2.32. The first kappa shape index (κ1) is 18.4. The van der Waals surface area contributed by atoms with Crippen molar-refractivity contribution < 1.29 is 22.7 Å². The number of amides is 1. The molecule has 24 heavy (non-hydrogen) atoms. The van der Waals surface area contributed by atoms with E-state index in [1.165, 1.54) is 6.07 Å². The monoisotopic (exact) mass is 381 g/mol. The molecular weight excluding hydrogens is 370 g/mol. The first-order valence-electron chi connectivity index (χ1n) is 6.72. The second-order valence-electron chi connectivity index (χ2n) is 4.74. The lowest BCUT2D eigenvalue weighted by molar-refractivity contribution is -0.137. The van der Waals surface area contributed by atoms with E-state index in [-0.39, 0.29) is 21.7 Å². The molecule has 0 aliphatic carbocycles. The van der Waals surface area contributed by atoms with E-state index in [0.717, 1.165) is 4.68 Å². The van der Waals surface area contributed by atoms with Crippen LogP contribution in [0.25, 0.3) is 0 Å². The summed E-state index contributed by atoms with van der Waals surface area (Å²) in [5.41, 5.74) is -0.524. The Morgan fingerprint density at radius 1 is 1.29 bits per heavy atom. The fourth-order valence-corrected chi connectivity index (χ4v) is 2.42. The van der Waals surface area contributed by atoms with Crippen LogP contribution in [0.15, 0.2) is 18.2 Å². The van der Waals surface area contributed by atoms with Gasteiger partial charge in [0.2, 0.25) is 5.88 Å². The van der Waals surface area contributed by atoms with Gasteiger partial charge in [-0.05, 0) is 26.0 Å². The lowest BCUT2D eigenvalue weighted by atomic mass is 10.2. The molecule has 1 aromatic carbocycles. The molecule has 0 saturated heterocycles. The fourth-order valence-electron chi connectivity index (χ4n) is 1.85. The van der Waals surface area contributed by atoms with Crippen LogP contribution in [0, 0.1) is 6.92 Å². The van der Waals surface area contributed by atoms with Crippen molar-refractivity contribution in [3.8, 4) is 11.6 Å². The Hall–Kier alpha value is -1.93. The first-order valence-corrected chi connectivity index (χ1v) is 7.48. The highest BCUT2D eigenvalue weighted by Gasteiger charge is 2.32. The van der Waals surface area contributed by atoms with Gasteiger partial charge in [-0.3, -0.25) is 0 Å². The molecule has 1 amide bonds. The highest BCUT2D eigenvalue weighted by atomic mass is 35.5.